The summed E-state index contributed by atoms with van der Waals surface area (Å²) in [7, 11) is 0. The molecule has 2 amide bonds. The topological polar surface area (TPSA) is 75.7 Å². The lowest BCUT2D eigenvalue weighted by Gasteiger charge is -2.30. The molecular formula is C24H28Cl2N2O4S. The van der Waals surface area contributed by atoms with Crippen molar-refractivity contribution in [3.63, 3.8) is 0 Å². The number of halogens is 2. The molecule has 0 atom stereocenters. The van der Waals surface area contributed by atoms with Crippen molar-refractivity contribution in [2.45, 2.75) is 45.6 Å². The van der Waals surface area contributed by atoms with Crippen LogP contribution in [0.5, 0.6) is 0 Å². The van der Waals surface area contributed by atoms with Crippen molar-refractivity contribution >= 4 is 68.5 Å². The van der Waals surface area contributed by atoms with Gasteiger partial charge in [-0.15, -0.1) is 11.3 Å². The van der Waals surface area contributed by atoms with Crippen molar-refractivity contribution in [3.05, 3.63) is 39.2 Å². The highest BCUT2D eigenvalue weighted by atomic mass is 35.5. The number of rotatable bonds is 6. The zero-order chi connectivity index (χ0) is 24.2. The van der Waals surface area contributed by atoms with Gasteiger partial charge in [-0.1, -0.05) is 23.2 Å². The van der Waals surface area contributed by atoms with E-state index in [1.807, 2.05) is 17.5 Å². The highest BCUT2D eigenvalue weighted by Gasteiger charge is 2.26. The Balaban J connectivity index is 1.47. The van der Waals surface area contributed by atoms with Crippen LogP contribution in [0, 0.1) is 5.92 Å². The molecule has 3 rings (SSSR count). The average Bonchev–Trinajstić information content (AvgIpc) is 3.22. The zero-order valence-electron chi connectivity index (χ0n) is 19.0. The fraction of sp³-hybridized carbons (Fsp3) is 0.458. The second kappa shape index (κ2) is 10.9. The number of nitrogens with one attached hydrogen (secondary N) is 1. The predicted octanol–water partition coefficient (Wildman–Crippen LogP) is 5.31. The average molecular weight is 511 g/mol. The molecule has 6 nitrogen and oxygen atoms in total. The number of piperidine rings is 1. The highest BCUT2D eigenvalue weighted by molar-refractivity contribution is 7.18. The van der Waals surface area contributed by atoms with Crippen LogP contribution in [0.15, 0.2) is 23.6 Å². The van der Waals surface area contributed by atoms with Gasteiger partial charge in [0.1, 0.15) is 5.60 Å². The van der Waals surface area contributed by atoms with Crippen LogP contribution in [0.4, 0.5) is 0 Å². The number of amides is 2. The Labute approximate surface area is 207 Å². The molecule has 2 aromatic rings. The molecule has 1 fully saturated rings. The standard InChI is InChI=1S/C24H28Cl2N2O4S/c1-24(2,3)32-19(30)6-10-27-23(31)15-7-11-28(12-8-15)18(29)5-4-16-14-17-9-13-33-22(17)21(26)20(16)25/h4-5,9,13-15H,6-8,10-12H2,1-3H3,(H,27,31)/b5-4+. The number of carbonyl (C=O) groups is 3. The summed E-state index contributed by atoms with van der Waals surface area (Å²) < 4.78 is 6.16. The summed E-state index contributed by atoms with van der Waals surface area (Å²) in [4.78, 5) is 38.5. The molecule has 2 heterocycles. The number of nitrogens with zero attached hydrogens (tertiary/aromatic N) is 1. The number of hydrogen-bond acceptors (Lipinski definition) is 5. The molecule has 33 heavy (non-hydrogen) atoms. The minimum absolute atomic E-state index is 0.0910. The van der Waals surface area contributed by atoms with E-state index >= 15 is 0 Å². The Hall–Kier alpha value is -2.09. The molecule has 9 heteroatoms. The maximum Gasteiger partial charge on any atom is 0.308 e. The van der Waals surface area contributed by atoms with Crippen LogP contribution in [0.2, 0.25) is 10.0 Å². The van der Waals surface area contributed by atoms with Crippen LogP contribution in [0.3, 0.4) is 0 Å². The zero-order valence-corrected chi connectivity index (χ0v) is 21.3. The molecule has 0 spiro atoms. The van der Waals surface area contributed by atoms with Crippen LogP contribution in [0.25, 0.3) is 16.2 Å². The summed E-state index contributed by atoms with van der Waals surface area (Å²) >= 11 is 14.2. The van der Waals surface area contributed by atoms with E-state index in [4.69, 9.17) is 27.9 Å². The lowest BCUT2D eigenvalue weighted by Crippen LogP contribution is -2.43. The smallest absolute Gasteiger partial charge is 0.308 e. The van der Waals surface area contributed by atoms with E-state index in [0.717, 1.165) is 10.1 Å². The molecule has 1 aromatic carbocycles. The van der Waals surface area contributed by atoms with Gasteiger partial charge < -0.3 is 15.0 Å². The SMILES string of the molecule is CC(C)(C)OC(=O)CCNC(=O)C1CCN(C(=O)/C=C/c2cc3ccsc3c(Cl)c2Cl)CC1. The third kappa shape index (κ3) is 6.95. The molecular weight excluding hydrogens is 483 g/mol. The van der Waals surface area contributed by atoms with Crippen LogP contribution < -0.4 is 5.32 Å². The number of fused-ring (bicyclic) bond motifs is 1. The first-order chi connectivity index (χ1) is 15.5. The van der Waals surface area contributed by atoms with Gasteiger partial charge >= 0.3 is 5.97 Å². The fourth-order valence-electron chi connectivity index (χ4n) is 3.64. The first-order valence-electron chi connectivity index (χ1n) is 10.9. The van der Waals surface area contributed by atoms with Crippen molar-refractivity contribution in [2.75, 3.05) is 19.6 Å². The number of likely N-dealkylation sites (tertiary alicyclic amines) is 1. The van der Waals surface area contributed by atoms with Crippen molar-refractivity contribution < 1.29 is 19.1 Å². The summed E-state index contributed by atoms with van der Waals surface area (Å²) in [5.74, 6) is -0.733. The van der Waals surface area contributed by atoms with Gasteiger partial charge in [-0.2, -0.15) is 0 Å². The van der Waals surface area contributed by atoms with Gasteiger partial charge in [0.05, 0.1) is 21.2 Å². The summed E-state index contributed by atoms with van der Waals surface area (Å²) in [6.07, 6.45) is 4.46. The largest absolute Gasteiger partial charge is 0.460 e. The van der Waals surface area contributed by atoms with Crippen LogP contribution in [0.1, 0.15) is 45.6 Å². The first kappa shape index (κ1) is 25.5. The number of ether oxygens (including phenoxy) is 1. The normalized spacial score (nSPS) is 15.2. The summed E-state index contributed by atoms with van der Waals surface area (Å²) in [6, 6.07) is 3.88. The van der Waals surface area contributed by atoms with Gasteiger partial charge in [-0.25, -0.2) is 0 Å². The molecule has 1 aliphatic heterocycles. The van der Waals surface area contributed by atoms with Gasteiger partial charge in [-0.3, -0.25) is 14.4 Å². The minimum atomic E-state index is -0.539. The molecule has 0 aliphatic carbocycles. The first-order valence-corrected chi connectivity index (χ1v) is 12.5. The van der Waals surface area contributed by atoms with Gasteiger partial charge in [-0.05, 0) is 68.2 Å². The van der Waals surface area contributed by atoms with E-state index in [-0.39, 0.29) is 36.7 Å². The Morgan fingerprint density at radius 1 is 1.21 bits per heavy atom. The number of esters is 1. The third-order valence-electron chi connectivity index (χ3n) is 5.28. The van der Waals surface area contributed by atoms with Crippen molar-refractivity contribution in [3.8, 4) is 0 Å². The molecule has 178 valence electrons. The lowest BCUT2D eigenvalue weighted by molar-refractivity contribution is -0.154. The van der Waals surface area contributed by atoms with E-state index in [1.54, 1.807) is 31.7 Å². The van der Waals surface area contributed by atoms with Crippen molar-refractivity contribution in [1.29, 1.82) is 0 Å². The molecule has 1 aromatic heterocycles. The second-order valence-corrected chi connectivity index (χ2v) is 10.7. The van der Waals surface area contributed by atoms with Gasteiger partial charge in [0.25, 0.3) is 0 Å². The molecule has 1 N–H and O–H groups in total. The Morgan fingerprint density at radius 2 is 1.91 bits per heavy atom. The van der Waals surface area contributed by atoms with E-state index in [0.29, 0.717) is 41.5 Å². The summed E-state index contributed by atoms with van der Waals surface area (Å²) in [6.45, 7) is 6.64. The van der Waals surface area contributed by atoms with E-state index in [1.165, 1.54) is 17.4 Å². The van der Waals surface area contributed by atoms with Crippen LogP contribution in [-0.4, -0.2) is 47.9 Å². The van der Waals surface area contributed by atoms with E-state index in [9.17, 15) is 14.4 Å². The number of thiophene rings is 1. The Morgan fingerprint density at radius 3 is 2.58 bits per heavy atom. The molecule has 0 radical (unpaired) electrons. The fourth-order valence-corrected chi connectivity index (χ4v) is 5.08. The quantitative estimate of drug-likeness (QED) is 0.422. The van der Waals surface area contributed by atoms with Crippen molar-refractivity contribution in [2.24, 2.45) is 5.92 Å². The molecule has 1 aliphatic rings. The van der Waals surface area contributed by atoms with Crippen LogP contribution in [-0.2, 0) is 19.1 Å². The third-order valence-corrected chi connectivity index (χ3v) is 7.23. The maximum atomic E-state index is 12.6. The van der Waals surface area contributed by atoms with Gasteiger partial charge in [0.2, 0.25) is 11.8 Å². The predicted molar refractivity (Wildman–Crippen MR) is 134 cm³/mol. The lowest BCUT2D eigenvalue weighted by atomic mass is 9.95. The van der Waals surface area contributed by atoms with E-state index in [2.05, 4.69) is 5.32 Å². The van der Waals surface area contributed by atoms with Gasteiger partial charge in [0, 0.05) is 31.6 Å². The minimum Gasteiger partial charge on any atom is -0.460 e. The molecule has 0 bridgehead atoms. The maximum absolute atomic E-state index is 12.6. The van der Waals surface area contributed by atoms with Crippen LogP contribution >= 0.6 is 34.5 Å². The summed E-state index contributed by atoms with van der Waals surface area (Å²) in [5.41, 5.74) is 0.156. The molecule has 0 unspecified atom stereocenters. The second-order valence-electron chi connectivity index (χ2n) is 8.99. The number of benzene rings is 1. The Bertz CT molecular complexity index is 1070. The van der Waals surface area contributed by atoms with Gasteiger partial charge in [0.15, 0.2) is 0 Å². The number of carbonyl (C=O) groups excluding carboxylic acids is 3. The Kier molecular flexibility index (Phi) is 8.43. The number of hydrogen-bond donors (Lipinski definition) is 1. The van der Waals surface area contributed by atoms with E-state index < -0.39 is 5.60 Å². The highest BCUT2D eigenvalue weighted by Crippen LogP contribution is 2.37. The monoisotopic (exact) mass is 510 g/mol. The summed E-state index contributed by atoms with van der Waals surface area (Å²) in [5, 5.41) is 6.66. The molecule has 1 saturated heterocycles. The van der Waals surface area contributed by atoms with Crippen molar-refractivity contribution in [1.82, 2.24) is 10.2 Å². The molecule has 0 saturated carbocycles.